The third-order valence-electron chi connectivity index (χ3n) is 1.89. The lowest BCUT2D eigenvalue weighted by Gasteiger charge is -2.23. The first-order valence-electron chi connectivity index (χ1n) is 4.50. The topological polar surface area (TPSA) is 99.2 Å². The van der Waals surface area contributed by atoms with E-state index >= 15 is 0 Å². The predicted octanol–water partition coefficient (Wildman–Crippen LogP) is -0.749. The average molecular weight is 238 g/mol. The molecule has 0 aliphatic heterocycles. The molecule has 0 aromatic heterocycles. The Balaban J connectivity index is 4.52. The van der Waals surface area contributed by atoms with Crippen molar-refractivity contribution >= 4 is 16.0 Å². The molecule has 7 nitrogen and oxygen atoms in total. The second-order valence-corrected chi connectivity index (χ2v) is 5.27. The van der Waals surface area contributed by atoms with E-state index in [2.05, 4.69) is 5.16 Å². The van der Waals surface area contributed by atoms with Crippen molar-refractivity contribution in [3.63, 3.8) is 0 Å². The van der Waals surface area contributed by atoms with E-state index in [0.717, 1.165) is 4.31 Å². The van der Waals surface area contributed by atoms with Gasteiger partial charge in [-0.05, 0) is 0 Å². The van der Waals surface area contributed by atoms with Crippen LogP contribution in [-0.4, -0.2) is 55.3 Å². The normalized spacial score (nSPS) is 13.8. The molecule has 0 fully saturated rings. The fraction of sp³-hybridized carbons (Fsp3) is 0.857. The fourth-order valence-corrected chi connectivity index (χ4v) is 2.07. The van der Waals surface area contributed by atoms with Gasteiger partial charge < -0.3 is 10.9 Å². The first-order valence-corrected chi connectivity index (χ1v) is 5.90. The van der Waals surface area contributed by atoms with Gasteiger partial charge in [-0.3, -0.25) is 0 Å². The van der Waals surface area contributed by atoms with Gasteiger partial charge >= 0.3 is 0 Å². The Morgan fingerprint density at radius 3 is 2.33 bits per heavy atom. The largest absolute Gasteiger partial charge is 0.409 e. The van der Waals surface area contributed by atoms with Crippen LogP contribution in [0.1, 0.15) is 13.3 Å². The smallest absolute Gasteiger partial charge is 0.281 e. The lowest BCUT2D eigenvalue weighted by Crippen LogP contribution is -2.41. The van der Waals surface area contributed by atoms with E-state index in [1.807, 2.05) is 0 Å². The van der Waals surface area contributed by atoms with E-state index < -0.39 is 10.2 Å². The Morgan fingerprint density at radius 2 is 2.00 bits per heavy atom. The second-order valence-electron chi connectivity index (χ2n) is 3.12. The molecule has 3 N–H and O–H groups in total. The molecule has 0 amide bonds. The molecule has 0 radical (unpaired) electrons. The highest BCUT2D eigenvalue weighted by Crippen LogP contribution is 2.04. The summed E-state index contributed by atoms with van der Waals surface area (Å²) in [5.74, 6) is 0.0161. The molecule has 0 aliphatic rings. The van der Waals surface area contributed by atoms with Crippen LogP contribution in [-0.2, 0) is 10.2 Å². The molecule has 0 spiro atoms. The van der Waals surface area contributed by atoms with E-state index in [0.29, 0.717) is 6.54 Å². The van der Waals surface area contributed by atoms with Gasteiger partial charge in [-0.1, -0.05) is 12.1 Å². The highest BCUT2D eigenvalue weighted by atomic mass is 32.2. The summed E-state index contributed by atoms with van der Waals surface area (Å²) >= 11 is 0. The van der Waals surface area contributed by atoms with Gasteiger partial charge in [-0.15, -0.1) is 0 Å². The molecular formula is C7H18N4O3S. The van der Waals surface area contributed by atoms with Crippen molar-refractivity contribution in [2.24, 2.45) is 10.9 Å². The Labute approximate surface area is 90.3 Å². The van der Waals surface area contributed by atoms with Crippen LogP contribution in [0.25, 0.3) is 0 Å². The van der Waals surface area contributed by atoms with E-state index in [9.17, 15) is 8.42 Å². The highest BCUT2D eigenvalue weighted by Gasteiger charge is 2.22. The van der Waals surface area contributed by atoms with Crippen LogP contribution in [0.2, 0.25) is 0 Å². The molecule has 15 heavy (non-hydrogen) atoms. The van der Waals surface area contributed by atoms with Crippen LogP contribution in [0.3, 0.4) is 0 Å². The number of rotatable bonds is 6. The van der Waals surface area contributed by atoms with Crippen LogP contribution in [0.4, 0.5) is 0 Å². The molecule has 0 aromatic carbocycles. The summed E-state index contributed by atoms with van der Waals surface area (Å²) in [5.41, 5.74) is 5.26. The summed E-state index contributed by atoms with van der Waals surface area (Å²) in [6.45, 7) is 2.28. The maximum atomic E-state index is 11.7. The minimum absolute atomic E-state index is 0.0161. The summed E-state index contributed by atoms with van der Waals surface area (Å²) in [6.07, 6.45) is 0.206. The Bertz CT molecular complexity index is 312. The summed E-state index contributed by atoms with van der Waals surface area (Å²) < 4.78 is 25.7. The zero-order valence-corrected chi connectivity index (χ0v) is 10.0. The maximum Gasteiger partial charge on any atom is 0.281 e. The van der Waals surface area contributed by atoms with Crippen molar-refractivity contribution in [1.82, 2.24) is 8.61 Å². The molecule has 8 heteroatoms. The standard InChI is InChI=1S/C7H18N4O3S/c1-4-11(6-5-7(8)9-12)15(13,14)10(2)3/h12H,4-6H2,1-3H3,(H2,8,9). The molecule has 0 bridgehead atoms. The molecule has 0 atom stereocenters. The van der Waals surface area contributed by atoms with Crippen LogP contribution in [0.5, 0.6) is 0 Å². The Hall–Kier alpha value is -0.860. The lowest BCUT2D eigenvalue weighted by molar-refractivity contribution is 0.315. The summed E-state index contributed by atoms with van der Waals surface area (Å²) in [4.78, 5) is 0. The Kier molecular flexibility index (Phi) is 5.55. The van der Waals surface area contributed by atoms with Crippen LogP contribution < -0.4 is 5.73 Å². The van der Waals surface area contributed by atoms with E-state index in [-0.39, 0.29) is 18.8 Å². The number of nitrogens with two attached hydrogens (primary N) is 1. The SMILES string of the molecule is CCN(CCC(N)=NO)S(=O)(=O)N(C)C. The van der Waals surface area contributed by atoms with Crippen molar-refractivity contribution in [2.45, 2.75) is 13.3 Å². The maximum absolute atomic E-state index is 11.7. The lowest BCUT2D eigenvalue weighted by atomic mass is 10.4. The van der Waals surface area contributed by atoms with Crippen LogP contribution >= 0.6 is 0 Å². The van der Waals surface area contributed by atoms with Crippen LogP contribution in [0, 0.1) is 0 Å². The monoisotopic (exact) mass is 238 g/mol. The number of hydrogen-bond donors (Lipinski definition) is 2. The van der Waals surface area contributed by atoms with Gasteiger partial charge in [0.05, 0.1) is 0 Å². The van der Waals surface area contributed by atoms with Gasteiger partial charge in [-0.2, -0.15) is 17.0 Å². The van der Waals surface area contributed by atoms with E-state index in [1.54, 1.807) is 6.92 Å². The molecule has 0 heterocycles. The van der Waals surface area contributed by atoms with Crippen molar-refractivity contribution in [1.29, 1.82) is 0 Å². The average Bonchev–Trinajstić information content (AvgIpc) is 2.17. The third kappa shape index (κ3) is 4.02. The second kappa shape index (κ2) is 5.89. The molecule has 0 aromatic rings. The van der Waals surface area contributed by atoms with Crippen LogP contribution in [0.15, 0.2) is 5.16 Å². The van der Waals surface area contributed by atoms with Gasteiger partial charge in [0.25, 0.3) is 10.2 Å². The molecule has 0 saturated carbocycles. The fourth-order valence-electron chi connectivity index (χ4n) is 0.957. The molecule has 0 unspecified atom stereocenters. The minimum Gasteiger partial charge on any atom is -0.409 e. The quantitative estimate of drug-likeness (QED) is 0.275. The van der Waals surface area contributed by atoms with E-state index in [4.69, 9.17) is 10.9 Å². The number of hydrogen-bond acceptors (Lipinski definition) is 4. The zero-order chi connectivity index (χ0) is 12.1. The van der Waals surface area contributed by atoms with Crippen molar-refractivity contribution < 1.29 is 13.6 Å². The van der Waals surface area contributed by atoms with Gasteiger partial charge in [0, 0.05) is 33.6 Å². The zero-order valence-electron chi connectivity index (χ0n) is 9.21. The molecule has 0 aliphatic carbocycles. The van der Waals surface area contributed by atoms with Gasteiger partial charge in [0.15, 0.2) is 0 Å². The highest BCUT2D eigenvalue weighted by molar-refractivity contribution is 7.86. The Morgan fingerprint density at radius 1 is 1.47 bits per heavy atom. The summed E-state index contributed by atoms with van der Waals surface area (Å²) in [6, 6.07) is 0. The summed E-state index contributed by atoms with van der Waals surface area (Å²) in [5, 5.41) is 11.1. The first-order chi connectivity index (χ1) is 6.86. The third-order valence-corrected chi connectivity index (χ3v) is 3.90. The molecule has 0 saturated heterocycles. The minimum atomic E-state index is -3.42. The van der Waals surface area contributed by atoms with Crippen molar-refractivity contribution in [3.8, 4) is 0 Å². The van der Waals surface area contributed by atoms with Crippen molar-refractivity contribution in [2.75, 3.05) is 27.2 Å². The molecule has 90 valence electrons. The van der Waals surface area contributed by atoms with Gasteiger partial charge in [0.1, 0.15) is 5.84 Å². The van der Waals surface area contributed by atoms with E-state index in [1.165, 1.54) is 18.4 Å². The van der Waals surface area contributed by atoms with Gasteiger partial charge in [0.2, 0.25) is 0 Å². The summed E-state index contributed by atoms with van der Waals surface area (Å²) in [7, 11) is -0.499. The van der Waals surface area contributed by atoms with Gasteiger partial charge in [-0.25, -0.2) is 0 Å². The first kappa shape index (κ1) is 14.1. The number of amidine groups is 1. The number of nitrogens with zero attached hydrogens (tertiary/aromatic N) is 3. The predicted molar refractivity (Wildman–Crippen MR) is 57.9 cm³/mol. The number of oxime groups is 1. The molecular weight excluding hydrogens is 220 g/mol. The van der Waals surface area contributed by atoms with Crippen molar-refractivity contribution in [3.05, 3.63) is 0 Å². The molecule has 0 rings (SSSR count).